The normalized spacial score (nSPS) is 16.1. The van der Waals surface area contributed by atoms with Gasteiger partial charge in [-0.05, 0) is 31.4 Å². The molecule has 0 atom stereocenters. The van der Waals surface area contributed by atoms with Crippen molar-refractivity contribution in [3.05, 3.63) is 29.8 Å². The van der Waals surface area contributed by atoms with E-state index in [1.54, 1.807) is 0 Å². The number of aromatic nitrogens is 4. The molecule has 1 aromatic carbocycles. The fraction of sp³-hybridized carbons (Fsp3) is 0.467. The van der Waals surface area contributed by atoms with Gasteiger partial charge >= 0.3 is 0 Å². The summed E-state index contributed by atoms with van der Waals surface area (Å²) in [6.07, 6.45) is 2.50. The fourth-order valence-electron chi connectivity index (χ4n) is 2.34. The largest absolute Gasteiger partial charge is 0.388 e. The van der Waals surface area contributed by atoms with Crippen molar-refractivity contribution in [3.63, 3.8) is 0 Å². The Kier molecular flexibility index (Phi) is 3.89. The van der Waals surface area contributed by atoms with Crippen LogP contribution in [0.5, 0.6) is 0 Å². The van der Waals surface area contributed by atoms with Gasteiger partial charge in [0.25, 0.3) is 0 Å². The first kappa shape index (κ1) is 14.6. The second-order valence-corrected chi connectivity index (χ2v) is 5.86. The highest BCUT2D eigenvalue weighted by atomic mass is 16.3. The number of hydrogen-bond donors (Lipinski definition) is 2. The molecule has 1 saturated carbocycles. The number of hydrogen-bond acceptors (Lipinski definition) is 5. The van der Waals surface area contributed by atoms with Gasteiger partial charge < -0.3 is 10.4 Å². The van der Waals surface area contributed by atoms with Crippen molar-refractivity contribution >= 4 is 5.91 Å². The molecule has 1 aliphatic carbocycles. The molecular formula is C15H19N5O2. The molecule has 0 saturated heterocycles. The van der Waals surface area contributed by atoms with Gasteiger partial charge in [0.1, 0.15) is 6.54 Å². The third kappa shape index (κ3) is 3.30. The maximum absolute atomic E-state index is 11.8. The lowest BCUT2D eigenvalue weighted by Crippen LogP contribution is -2.48. The number of amides is 1. The lowest BCUT2D eigenvalue weighted by Gasteiger charge is -2.36. The number of nitrogens with zero attached hydrogens (tertiary/aromatic N) is 4. The summed E-state index contributed by atoms with van der Waals surface area (Å²) in [5.41, 5.74) is 1.30. The number of carbonyl (C=O) groups is 1. The van der Waals surface area contributed by atoms with E-state index in [0.29, 0.717) is 5.82 Å². The highest BCUT2D eigenvalue weighted by Gasteiger charge is 2.34. The summed E-state index contributed by atoms with van der Waals surface area (Å²) in [6.45, 7) is 2.29. The average Bonchev–Trinajstić information content (AvgIpc) is 2.92. The fourth-order valence-corrected chi connectivity index (χ4v) is 2.34. The van der Waals surface area contributed by atoms with E-state index < -0.39 is 5.60 Å². The van der Waals surface area contributed by atoms with E-state index in [1.807, 2.05) is 31.2 Å². The van der Waals surface area contributed by atoms with Crippen LogP contribution in [0.15, 0.2) is 24.3 Å². The van der Waals surface area contributed by atoms with Crippen molar-refractivity contribution in [1.29, 1.82) is 0 Å². The van der Waals surface area contributed by atoms with E-state index in [-0.39, 0.29) is 19.0 Å². The van der Waals surface area contributed by atoms with Gasteiger partial charge in [-0.1, -0.05) is 29.8 Å². The number of aliphatic hydroxyl groups is 1. The molecule has 0 bridgehead atoms. The molecule has 1 aromatic heterocycles. The van der Waals surface area contributed by atoms with Crippen LogP contribution in [0.1, 0.15) is 24.8 Å². The summed E-state index contributed by atoms with van der Waals surface area (Å²) in [5.74, 6) is 0.263. The average molecular weight is 301 g/mol. The smallest absolute Gasteiger partial charge is 0.243 e. The summed E-state index contributed by atoms with van der Waals surface area (Å²) < 4.78 is 0. The molecule has 0 aliphatic heterocycles. The quantitative estimate of drug-likeness (QED) is 0.847. The molecule has 1 amide bonds. The van der Waals surface area contributed by atoms with Crippen LogP contribution in [0.25, 0.3) is 11.4 Å². The van der Waals surface area contributed by atoms with Crippen LogP contribution in [0.2, 0.25) is 0 Å². The van der Waals surface area contributed by atoms with Crippen LogP contribution in [-0.2, 0) is 11.3 Å². The van der Waals surface area contributed by atoms with Crippen LogP contribution in [0.3, 0.4) is 0 Å². The van der Waals surface area contributed by atoms with E-state index in [1.165, 1.54) is 4.80 Å². The Bertz CT molecular complexity index is 661. The number of benzene rings is 1. The second-order valence-electron chi connectivity index (χ2n) is 5.86. The molecule has 0 radical (unpaired) electrons. The maximum atomic E-state index is 11.8. The Morgan fingerprint density at radius 3 is 2.73 bits per heavy atom. The van der Waals surface area contributed by atoms with Gasteiger partial charge in [-0.2, -0.15) is 4.80 Å². The second kappa shape index (κ2) is 5.84. The topological polar surface area (TPSA) is 92.9 Å². The first-order valence-corrected chi connectivity index (χ1v) is 7.38. The van der Waals surface area contributed by atoms with Crippen molar-refractivity contribution < 1.29 is 9.90 Å². The Labute approximate surface area is 128 Å². The van der Waals surface area contributed by atoms with E-state index in [4.69, 9.17) is 0 Å². The van der Waals surface area contributed by atoms with Gasteiger partial charge in [-0.15, -0.1) is 10.2 Å². The molecule has 7 nitrogen and oxygen atoms in total. The van der Waals surface area contributed by atoms with E-state index in [0.717, 1.165) is 30.4 Å². The summed E-state index contributed by atoms with van der Waals surface area (Å²) in [5, 5.41) is 24.7. The zero-order valence-electron chi connectivity index (χ0n) is 12.5. The highest BCUT2D eigenvalue weighted by molar-refractivity contribution is 5.75. The van der Waals surface area contributed by atoms with Crippen molar-refractivity contribution in [2.75, 3.05) is 6.54 Å². The van der Waals surface area contributed by atoms with Gasteiger partial charge in [0.15, 0.2) is 0 Å². The van der Waals surface area contributed by atoms with Gasteiger partial charge in [0.05, 0.1) is 5.60 Å². The number of tetrazole rings is 1. The molecule has 2 N–H and O–H groups in total. The minimum Gasteiger partial charge on any atom is -0.388 e. The number of nitrogens with one attached hydrogen (secondary N) is 1. The SMILES string of the molecule is Cc1ccc(-c2nnn(CC(=O)NCC3(O)CCC3)n2)cc1. The Hall–Kier alpha value is -2.28. The minimum atomic E-state index is -0.724. The first-order valence-electron chi connectivity index (χ1n) is 7.38. The molecule has 0 spiro atoms. The Morgan fingerprint density at radius 1 is 1.36 bits per heavy atom. The summed E-state index contributed by atoms with van der Waals surface area (Å²) in [7, 11) is 0. The third-order valence-electron chi connectivity index (χ3n) is 3.95. The third-order valence-corrected chi connectivity index (χ3v) is 3.95. The van der Waals surface area contributed by atoms with E-state index in [2.05, 4.69) is 20.7 Å². The van der Waals surface area contributed by atoms with Gasteiger partial charge in [0.2, 0.25) is 11.7 Å². The summed E-state index contributed by atoms with van der Waals surface area (Å²) >= 11 is 0. The molecule has 1 heterocycles. The molecule has 0 unspecified atom stereocenters. The van der Waals surface area contributed by atoms with E-state index in [9.17, 15) is 9.90 Å². The van der Waals surface area contributed by atoms with Crippen LogP contribution in [0, 0.1) is 6.92 Å². The molecule has 22 heavy (non-hydrogen) atoms. The monoisotopic (exact) mass is 301 g/mol. The highest BCUT2D eigenvalue weighted by Crippen LogP contribution is 2.30. The standard InChI is InChI=1S/C15H19N5O2/c1-11-3-5-12(6-4-11)14-17-19-20(18-14)9-13(21)16-10-15(22)7-2-8-15/h3-6,22H,2,7-10H2,1H3,(H,16,21). The zero-order valence-corrected chi connectivity index (χ0v) is 12.5. The van der Waals surface area contributed by atoms with Crippen LogP contribution < -0.4 is 5.32 Å². The number of aryl methyl sites for hydroxylation is 1. The molecular weight excluding hydrogens is 282 g/mol. The van der Waals surface area contributed by atoms with Crippen molar-refractivity contribution in [3.8, 4) is 11.4 Å². The number of rotatable bonds is 5. The lowest BCUT2D eigenvalue weighted by atomic mass is 9.80. The first-order chi connectivity index (χ1) is 10.5. The number of carbonyl (C=O) groups excluding carboxylic acids is 1. The van der Waals surface area contributed by atoms with Crippen LogP contribution in [-0.4, -0.2) is 43.4 Å². The molecule has 7 heteroatoms. The van der Waals surface area contributed by atoms with E-state index >= 15 is 0 Å². The lowest BCUT2D eigenvalue weighted by molar-refractivity contribution is -0.124. The van der Waals surface area contributed by atoms with Crippen LogP contribution in [0.4, 0.5) is 0 Å². The summed E-state index contributed by atoms with van der Waals surface area (Å²) in [6, 6.07) is 7.79. The van der Waals surface area contributed by atoms with Crippen molar-refractivity contribution in [2.45, 2.75) is 38.3 Å². The van der Waals surface area contributed by atoms with Crippen LogP contribution >= 0.6 is 0 Å². The molecule has 1 fully saturated rings. The Morgan fingerprint density at radius 2 is 2.09 bits per heavy atom. The predicted molar refractivity (Wildman–Crippen MR) is 79.8 cm³/mol. The molecule has 116 valence electrons. The van der Waals surface area contributed by atoms with Crippen molar-refractivity contribution in [2.24, 2.45) is 0 Å². The maximum Gasteiger partial charge on any atom is 0.243 e. The molecule has 2 aromatic rings. The minimum absolute atomic E-state index is 0.00502. The van der Waals surface area contributed by atoms with Gasteiger partial charge in [-0.25, -0.2) is 0 Å². The Balaban J connectivity index is 1.57. The molecule has 1 aliphatic rings. The summed E-state index contributed by atoms with van der Waals surface area (Å²) in [4.78, 5) is 13.1. The van der Waals surface area contributed by atoms with Gasteiger partial charge in [-0.3, -0.25) is 4.79 Å². The predicted octanol–water partition coefficient (Wildman–Crippen LogP) is 0.680. The van der Waals surface area contributed by atoms with Gasteiger partial charge in [0, 0.05) is 12.1 Å². The van der Waals surface area contributed by atoms with Crippen molar-refractivity contribution in [1.82, 2.24) is 25.5 Å². The molecule has 3 rings (SSSR count). The zero-order chi connectivity index (χ0) is 15.6.